The van der Waals surface area contributed by atoms with Gasteiger partial charge in [-0.3, -0.25) is 4.90 Å². The second-order valence-corrected chi connectivity index (χ2v) is 7.14. The van der Waals surface area contributed by atoms with Gasteiger partial charge < -0.3 is 10.8 Å². The van der Waals surface area contributed by atoms with Gasteiger partial charge in [0.05, 0.1) is 6.10 Å². The molecule has 0 amide bonds. The lowest BCUT2D eigenvalue weighted by Gasteiger charge is -2.31. The summed E-state index contributed by atoms with van der Waals surface area (Å²) in [5, 5.41) is 10.8. The normalized spacial score (nSPS) is 13.4. The molecular formula is C24H28N2O. The standard InChI is InChI=1S/C24H28N2O/c1-19(16-20-12-14-23(25)15-13-20)26(17-21-8-4-2-5-9-21)18-24(27)22-10-6-3-7-11-22/h2-15,19,24,27H,16-18,25H2,1H3/t19-,24+/m1/s1. The van der Waals surface area contributed by atoms with Crippen LogP contribution in [0.3, 0.4) is 0 Å². The van der Waals surface area contributed by atoms with Crippen LogP contribution in [0.25, 0.3) is 0 Å². The average Bonchev–Trinajstić information content (AvgIpc) is 2.70. The summed E-state index contributed by atoms with van der Waals surface area (Å²) in [6.07, 6.45) is 0.401. The number of aliphatic hydroxyl groups excluding tert-OH is 1. The van der Waals surface area contributed by atoms with Gasteiger partial charge in [0, 0.05) is 24.8 Å². The Balaban J connectivity index is 1.74. The fourth-order valence-electron chi connectivity index (χ4n) is 3.34. The summed E-state index contributed by atoms with van der Waals surface area (Å²) in [6.45, 7) is 3.62. The Morgan fingerprint density at radius 2 is 1.41 bits per heavy atom. The fourth-order valence-corrected chi connectivity index (χ4v) is 3.34. The molecule has 0 fully saturated rings. The van der Waals surface area contributed by atoms with Gasteiger partial charge in [0.25, 0.3) is 0 Å². The van der Waals surface area contributed by atoms with Crippen molar-refractivity contribution in [3.8, 4) is 0 Å². The number of nitrogens with zero attached hydrogens (tertiary/aromatic N) is 1. The molecule has 0 aliphatic rings. The monoisotopic (exact) mass is 360 g/mol. The summed E-state index contributed by atoms with van der Waals surface area (Å²) in [7, 11) is 0. The Labute approximate surface area is 162 Å². The van der Waals surface area contributed by atoms with Gasteiger partial charge in [0.15, 0.2) is 0 Å². The number of rotatable bonds is 8. The fraction of sp³-hybridized carbons (Fsp3) is 0.250. The predicted molar refractivity (Wildman–Crippen MR) is 112 cm³/mol. The lowest BCUT2D eigenvalue weighted by atomic mass is 10.0. The summed E-state index contributed by atoms with van der Waals surface area (Å²) in [5.41, 5.74) is 10.0. The van der Waals surface area contributed by atoms with Crippen molar-refractivity contribution in [3.63, 3.8) is 0 Å². The molecule has 0 spiro atoms. The first-order valence-electron chi connectivity index (χ1n) is 9.47. The number of aliphatic hydroxyl groups is 1. The SMILES string of the molecule is C[C@H](Cc1ccc(N)cc1)N(Cc1ccccc1)C[C@H](O)c1ccccc1. The second kappa shape index (κ2) is 9.36. The largest absolute Gasteiger partial charge is 0.399 e. The zero-order chi connectivity index (χ0) is 19.1. The molecule has 3 nitrogen and oxygen atoms in total. The van der Waals surface area contributed by atoms with Gasteiger partial charge in [-0.05, 0) is 42.2 Å². The molecule has 140 valence electrons. The topological polar surface area (TPSA) is 49.5 Å². The van der Waals surface area contributed by atoms with E-state index in [2.05, 4.69) is 48.2 Å². The molecule has 3 aromatic rings. The maximum atomic E-state index is 10.8. The third-order valence-electron chi connectivity index (χ3n) is 4.95. The number of nitrogens with two attached hydrogens (primary N) is 1. The maximum absolute atomic E-state index is 10.8. The van der Waals surface area contributed by atoms with E-state index in [0.717, 1.165) is 24.2 Å². The highest BCUT2D eigenvalue weighted by Gasteiger charge is 2.19. The van der Waals surface area contributed by atoms with Crippen molar-refractivity contribution in [2.24, 2.45) is 0 Å². The molecule has 2 atom stereocenters. The minimum atomic E-state index is -0.510. The van der Waals surface area contributed by atoms with Crippen LogP contribution < -0.4 is 5.73 Å². The first kappa shape index (κ1) is 19.2. The van der Waals surface area contributed by atoms with E-state index >= 15 is 0 Å². The first-order valence-corrected chi connectivity index (χ1v) is 9.47. The maximum Gasteiger partial charge on any atom is 0.0917 e. The highest BCUT2D eigenvalue weighted by molar-refractivity contribution is 5.39. The molecule has 0 saturated carbocycles. The molecule has 3 heteroatoms. The van der Waals surface area contributed by atoms with Crippen LogP contribution in [0, 0.1) is 0 Å². The molecule has 0 radical (unpaired) electrons. The van der Waals surface area contributed by atoms with Gasteiger partial charge in [-0.1, -0.05) is 72.8 Å². The number of hydrogen-bond donors (Lipinski definition) is 2. The molecule has 0 aliphatic heterocycles. The Morgan fingerprint density at radius 3 is 2.04 bits per heavy atom. The van der Waals surface area contributed by atoms with E-state index in [0.29, 0.717) is 6.54 Å². The van der Waals surface area contributed by atoms with Crippen molar-refractivity contribution in [2.75, 3.05) is 12.3 Å². The van der Waals surface area contributed by atoms with E-state index in [4.69, 9.17) is 5.73 Å². The summed E-state index contributed by atoms with van der Waals surface area (Å²) < 4.78 is 0. The molecule has 3 aromatic carbocycles. The quantitative estimate of drug-likeness (QED) is 0.584. The van der Waals surface area contributed by atoms with E-state index in [1.165, 1.54) is 11.1 Å². The third kappa shape index (κ3) is 5.68. The van der Waals surface area contributed by atoms with Crippen LogP contribution in [-0.4, -0.2) is 22.6 Å². The van der Waals surface area contributed by atoms with Crippen molar-refractivity contribution in [1.82, 2.24) is 4.90 Å². The first-order chi connectivity index (χ1) is 13.1. The Bertz CT molecular complexity index is 803. The molecule has 27 heavy (non-hydrogen) atoms. The van der Waals surface area contributed by atoms with Crippen LogP contribution in [0.4, 0.5) is 5.69 Å². The smallest absolute Gasteiger partial charge is 0.0917 e. The minimum absolute atomic E-state index is 0.284. The van der Waals surface area contributed by atoms with Crippen molar-refractivity contribution in [3.05, 3.63) is 102 Å². The van der Waals surface area contributed by atoms with E-state index < -0.39 is 6.10 Å². The van der Waals surface area contributed by atoms with E-state index in [1.54, 1.807) is 0 Å². The lowest BCUT2D eigenvalue weighted by Crippen LogP contribution is -2.37. The zero-order valence-corrected chi connectivity index (χ0v) is 15.8. The summed E-state index contributed by atoms with van der Waals surface area (Å²) in [6, 6.07) is 28.7. The van der Waals surface area contributed by atoms with Gasteiger partial charge in [0.2, 0.25) is 0 Å². The Morgan fingerprint density at radius 1 is 0.815 bits per heavy atom. The Kier molecular flexibility index (Phi) is 6.64. The van der Waals surface area contributed by atoms with Crippen LogP contribution in [0.2, 0.25) is 0 Å². The summed E-state index contributed by atoms with van der Waals surface area (Å²) in [5.74, 6) is 0. The molecule has 0 unspecified atom stereocenters. The zero-order valence-electron chi connectivity index (χ0n) is 15.8. The van der Waals surface area contributed by atoms with E-state index in [9.17, 15) is 5.11 Å². The number of anilines is 1. The predicted octanol–water partition coefficient (Wildman–Crippen LogP) is 4.44. The van der Waals surface area contributed by atoms with Gasteiger partial charge in [-0.25, -0.2) is 0 Å². The van der Waals surface area contributed by atoms with Crippen LogP contribution in [0.1, 0.15) is 29.7 Å². The lowest BCUT2D eigenvalue weighted by molar-refractivity contribution is 0.0859. The molecule has 0 saturated heterocycles. The Hall–Kier alpha value is -2.62. The van der Waals surface area contributed by atoms with Crippen LogP contribution >= 0.6 is 0 Å². The number of benzene rings is 3. The molecular weight excluding hydrogens is 332 g/mol. The summed E-state index contributed by atoms with van der Waals surface area (Å²) >= 11 is 0. The molecule has 3 N–H and O–H groups in total. The van der Waals surface area contributed by atoms with Gasteiger partial charge in [0.1, 0.15) is 0 Å². The van der Waals surface area contributed by atoms with Crippen LogP contribution in [-0.2, 0) is 13.0 Å². The molecule has 0 bridgehead atoms. The van der Waals surface area contributed by atoms with Crippen molar-refractivity contribution in [2.45, 2.75) is 32.0 Å². The van der Waals surface area contributed by atoms with Gasteiger partial charge in [-0.2, -0.15) is 0 Å². The van der Waals surface area contributed by atoms with Crippen molar-refractivity contribution >= 4 is 5.69 Å². The van der Waals surface area contributed by atoms with Gasteiger partial charge >= 0.3 is 0 Å². The van der Waals surface area contributed by atoms with Crippen LogP contribution in [0.5, 0.6) is 0 Å². The van der Waals surface area contributed by atoms with E-state index in [1.807, 2.05) is 48.5 Å². The van der Waals surface area contributed by atoms with Gasteiger partial charge in [-0.15, -0.1) is 0 Å². The molecule has 0 aromatic heterocycles. The highest BCUT2D eigenvalue weighted by Crippen LogP contribution is 2.20. The third-order valence-corrected chi connectivity index (χ3v) is 4.95. The number of nitrogen functional groups attached to an aromatic ring is 1. The molecule has 0 aliphatic carbocycles. The average molecular weight is 361 g/mol. The van der Waals surface area contributed by atoms with Crippen LogP contribution in [0.15, 0.2) is 84.9 Å². The van der Waals surface area contributed by atoms with E-state index in [-0.39, 0.29) is 6.04 Å². The second-order valence-electron chi connectivity index (χ2n) is 7.14. The summed E-state index contributed by atoms with van der Waals surface area (Å²) in [4.78, 5) is 2.35. The highest BCUT2D eigenvalue weighted by atomic mass is 16.3. The molecule has 0 heterocycles. The van der Waals surface area contributed by atoms with Crippen molar-refractivity contribution in [1.29, 1.82) is 0 Å². The molecule has 3 rings (SSSR count). The number of hydrogen-bond acceptors (Lipinski definition) is 3. The van der Waals surface area contributed by atoms with Crippen molar-refractivity contribution < 1.29 is 5.11 Å². The minimum Gasteiger partial charge on any atom is -0.399 e.